The van der Waals surface area contributed by atoms with Crippen LogP contribution in [0.5, 0.6) is 5.75 Å². The number of nitrogens with zero attached hydrogens (tertiary/aromatic N) is 3. The third-order valence-corrected chi connectivity index (χ3v) is 6.76. The highest BCUT2D eigenvalue weighted by molar-refractivity contribution is 7.13. The Hall–Kier alpha value is -4.19. The fraction of sp³-hybridized carbons (Fsp3) is 0.259. The van der Waals surface area contributed by atoms with Gasteiger partial charge in [0.1, 0.15) is 11.4 Å². The van der Waals surface area contributed by atoms with E-state index in [9.17, 15) is 27.6 Å². The minimum absolute atomic E-state index is 0.103. The number of aromatic nitrogens is 3. The van der Waals surface area contributed by atoms with E-state index in [0.29, 0.717) is 44.0 Å². The molecule has 0 fully saturated rings. The quantitative estimate of drug-likeness (QED) is 0.222. The molecule has 0 atom stereocenters. The van der Waals surface area contributed by atoms with Gasteiger partial charge < -0.3 is 9.47 Å². The molecule has 0 saturated heterocycles. The van der Waals surface area contributed by atoms with Crippen LogP contribution in [0, 0.1) is 6.92 Å². The zero-order valence-electron chi connectivity index (χ0n) is 21.3. The fourth-order valence-corrected chi connectivity index (χ4v) is 4.63. The third-order valence-electron chi connectivity index (χ3n) is 5.94. The van der Waals surface area contributed by atoms with Gasteiger partial charge in [-0.3, -0.25) is 9.36 Å². The van der Waals surface area contributed by atoms with Crippen LogP contribution in [-0.4, -0.2) is 32.7 Å². The molecule has 8 nitrogen and oxygen atoms in total. The summed E-state index contributed by atoms with van der Waals surface area (Å²) >= 11 is 1.18. The van der Waals surface area contributed by atoms with Gasteiger partial charge in [-0.2, -0.15) is 17.5 Å². The second-order valence-electron chi connectivity index (χ2n) is 8.95. The van der Waals surface area contributed by atoms with E-state index < -0.39 is 29.1 Å². The van der Waals surface area contributed by atoms with Gasteiger partial charge in [0.15, 0.2) is 6.61 Å². The highest BCUT2D eigenvalue weighted by atomic mass is 32.1. The van der Waals surface area contributed by atoms with E-state index in [2.05, 4.69) is 11.0 Å². The summed E-state index contributed by atoms with van der Waals surface area (Å²) in [6.07, 6.45) is -4.30. The van der Waals surface area contributed by atoms with Crippen molar-refractivity contribution in [1.82, 2.24) is 13.5 Å². The molecule has 2 aromatic carbocycles. The summed E-state index contributed by atoms with van der Waals surface area (Å²) in [7, 11) is 0.961. The van der Waals surface area contributed by atoms with Crippen molar-refractivity contribution in [3.63, 3.8) is 0 Å². The van der Waals surface area contributed by atoms with Crippen molar-refractivity contribution in [2.75, 3.05) is 13.2 Å². The number of ether oxygens (including phenoxy) is 2. The average molecular weight is 560 g/mol. The van der Waals surface area contributed by atoms with E-state index in [1.165, 1.54) is 23.7 Å². The second-order valence-corrected chi connectivity index (χ2v) is 9.75. The maximum atomic E-state index is 13.2. The Morgan fingerprint density at radius 2 is 1.87 bits per heavy atom. The van der Waals surface area contributed by atoms with Crippen molar-refractivity contribution in [2.24, 2.45) is 7.05 Å². The Balaban J connectivity index is 1.68. The van der Waals surface area contributed by atoms with Gasteiger partial charge in [-0.1, -0.05) is 11.6 Å². The summed E-state index contributed by atoms with van der Waals surface area (Å²) in [6.45, 7) is 7.38. The van der Waals surface area contributed by atoms with Gasteiger partial charge in [-0.25, -0.2) is 14.2 Å². The van der Waals surface area contributed by atoms with Crippen LogP contribution in [0.2, 0.25) is 0 Å². The van der Waals surface area contributed by atoms with Crippen LogP contribution in [0.25, 0.3) is 27.0 Å². The van der Waals surface area contributed by atoms with Gasteiger partial charge in [0.25, 0.3) is 5.56 Å². The Morgan fingerprint density at radius 1 is 1.13 bits per heavy atom. The lowest BCUT2D eigenvalue weighted by molar-refractivity contribution is -0.146. The number of hydrogen-bond donors (Lipinski definition) is 0. The molecule has 0 N–H and O–H groups in total. The Bertz CT molecular complexity index is 1700. The molecular weight excluding hydrogens is 535 g/mol. The molecule has 0 unspecified atom stereocenters. The smallest absolute Gasteiger partial charge is 0.431 e. The largest absolute Gasteiger partial charge is 0.482 e. The molecule has 39 heavy (non-hydrogen) atoms. The first-order chi connectivity index (χ1) is 18.4. The molecule has 0 spiro atoms. The van der Waals surface area contributed by atoms with E-state index in [0.717, 1.165) is 22.9 Å². The van der Waals surface area contributed by atoms with Gasteiger partial charge in [0.2, 0.25) is 0 Å². The molecule has 0 aliphatic carbocycles. The van der Waals surface area contributed by atoms with Crippen LogP contribution in [0.4, 0.5) is 13.2 Å². The molecule has 0 bridgehead atoms. The number of carbonyl (C=O) groups excluding carboxylic acids is 1. The van der Waals surface area contributed by atoms with Crippen LogP contribution in [-0.2, 0) is 22.8 Å². The number of halogens is 3. The molecule has 4 rings (SSSR count). The summed E-state index contributed by atoms with van der Waals surface area (Å²) in [6, 6.07) is 10.3. The first-order valence-electron chi connectivity index (χ1n) is 11.7. The number of aryl methyl sites for hydroxylation is 1. The summed E-state index contributed by atoms with van der Waals surface area (Å²) in [5.41, 5.74) is -0.511. The normalized spacial score (nSPS) is 11.5. The molecule has 204 valence electrons. The van der Waals surface area contributed by atoms with Crippen molar-refractivity contribution in [2.45, 2.75) is 26.4 Å². The minimum Gasteiger partial charge on any atom is -0.482 e. The van der Waals surface area contributed by atoms with Gasteiger partial charge in [-0.15, -0.1) is 6.58 Å². The molecule has 2 aromatic heterocycles. The zero-order chi connectivity index (χ0) is 28.5. The van der Waals surface area contributed by atoms with Crippen molar-refractivity contribution in [1.29, 1.82) is 0 Å². The number of hydrogen-bond acceptors (Lipinski definition) is 7. The van der Waals surface area contributed by atoms with Crippen molar-refractivity contribution >= 4 is 27.6 Å². The highest BCUT2D eigenvalue weighted by Gasteiger charge is 2.35. The van der Waals surface area contributed by atoms with Crippen molar-refractivity contribution < 1.29 is 27.4 Å². The second kappa shape index (κ2) is 10.9. The SMILES string of the molecule is C=C(C)CCOC(=O)COc1ccc(C)c(-c2nsc3ccc(-n4c(=O)cc(C(F)(F)F)n(C)c4=O)cc23)c1. The molecule has 4 aromatic rings. The van der Waals surface area contributed by atoms with Crippen LogP contribution < -0.4 is 16.0 Å². The first kappa shape index (κ1) is 27.8. The topological polar surface area (TPSA) is 92.4 Å². The standard InChI is InChI=1S/C27H24F3N3O5S/c1-15(2)9-10-37-24(35)14-38-18-7-5-16(3)19(12-18)25-20-11-17(6-8-21(20)39-31-25)33-23(34)13-22(27(28,29)30)32(4)26(33)36/h5-8,11-13H,1,9-10,14H2,2-4H3. The number of carbonyl (C=O) groups is 1. The van der Waals surface area contributed by atoms with E-state index in [1.807, 2.05) is 13.8 Å². The number of alkyl halides is 3. The Morgan fingerprint density at radius 3 is 2.56 bits per heavy atom. The number of fused-ring (bicyclic) bond motifs is 1. The van der Waals surface area contributed by atoms with E-state index >= 15 is 0 Å². The maximum absolute atomic E-state index is 13.2. The maximum Gasteiger partial charge on any atom is 0.431 e. The predicted molar refractivity (Wildman–Crippen MR) is 142 cm³/mol. The molecule has 2 heterocycles. The fourth-order valence-electron chi connectivity index (χ4n) is 3.86. The van der Waals surface area contributed by atoms with Crippen LogP contribution in [0.3, 0.4) is 0 Å². The van der Waals surface area contributed by atoms with Gasteiger partial charge in [-0.05, 0) is 61.3 Å². The predicted octanol–water partition coefficient (Wildman–Crippen LogP) is 5.03. The first-order valence-corrected chi connectivity index (χ1v) is 12.5. The van der Waals surface area contributed by atoms with Crippen molar-refractivity contribution in [3.05, 3.63) is 86.7 Å². The lowest BCUT2D eigenvalue weighted by atomic mass is 10.0. The average Bonchev–Trinajstić information content (AvgIpc) is 3.28. The summed E-state index contributed by atoms with van der Waals surface area (Å²) in [5, 5.41) is 0.589. The summed E-state index contributed by atoms with van der Waals surface area (Å²) in [5.74, 6) is -0.122. The molecule has 0 saturated carbocycles. The monoisotopic (exact) mass is 559 g/mol. The van der Waals surface area contributed by atoms with Gasteiger partial charge in [0, 0.05) is 30.5 Å². The lowest BCUT2D eigenvalue weighted by Crippen LogP contribution is -2.40. The third kappa shape index (κ3) is 5.95. The molecular formula is C27H24F3N3O5S. The number of esters is 1. The highest BCUT2D eigenvalue weighted by Crippen LogP contribution is 2.35. The lowest BCUT2D eigenvalue weighted by Gasteiger charge is -2.14. The van der Waals surface area contributed by atoms with E-state index in [-0.39, 0.29) is 18.9 Å². The summed E-state index contributed by atoms with van der Waals surface area (Å²) in [4.78, 5) is 37.3. The van der Waals surface area contributed by atoms with E-state index in [4.69, 9.17) is 9.47 Å². The Kier molecular flexibility index (Phi) is 7.77. The number of rotatable bonds is 8. The molecule has 0 aliphatic heterocycles. The van der Waals surface area contributed by atoms with E-state index in [1.54, 1.807) is 24.3 Å². The van der Waals surface area contributed by atoms with Crippen molar-refractivity contribution in [3.8, 4) is 22.7 Å². The molecule has 0 radical (unpaired) electrons. The van der Waals surface area contributed by atoms with Gasteiger partial charge >= 0.3 is 17.8 Å². The number of benzene rings is 2. The van der Waals surface area contributed by atoms with Crippen LogP contribution in [0.15, 0.2) is 64.2 Å². The van der Waals surface area contributed by atoms with Crippen LogP contribution >= 0.6 is 11.5 Å². The summed E-state index contributed by atoms with van der Waals surface area (Å²) < 4.78 is 56.8. The molecule has 0 amide bonds. The molecule has 12 heteroatoms. The van der Waals surface area contributed by atoms with Gasteiger partial charge in [0.05, 0.1) is 22.7 Å². The molecule has 0 aliphatic rings. The van der Waals surface area contributed by atoms with Crippen LogP contribution in [0.1, 0.15) is 24.6 Å². The minimum atomic E-state index is -4.85. The zero-order valence-corrected chi connectivity index (χ0v) is 22.1. The Labute approximate surface area is 224 Å².